The molecule has 0 saturated carbocycles. The van der Waals surface area contributed by atoms with Crippen LogP contribution in [0.1, 0.15) is 43.9 Å². The van der Waals surface area contributed by atoms with Gasteiger partial charge in [-0.1, -0.05) is 19.9 Å². The lowest BCUT2D eigenvalue weighted by atomic mass is 10.1. The van der Waals surface area contributed by atoms with Crippen LogP contribution in [-0.2, 0) is 27.3 Å². The number of aromatic amines is 1. The number of nitrogens with zero attached hydrogens (tertiary/aromatic N) is 5. The Morgan fingerprint density at radius 3 is 2.52 bits per heavy atom. The Hall–Kier alpha value is -4.55. The minimum absolute atomic E-state index is 0.00659. The van der Waals surface area contributed by atoms with Crippen LogP contribution in [0.3, 0.4) is 0 Å². The molecule has 0 unspecified atom stereocenters. The predicted octanol–water partition coefficient (Wildman–Crippen LogP) is 3.24. The maximum atomic E-state index is 14.5. The van der Waals surface area contributed by atoms with E-state index in [0.29, 0.717) is 35.1 Å². The first kappa shape index (κ1) is 32.0. The van der Waals surface area contributed by atoms with Crippen LogP contribution in [0.5, 0.6) is 0 Å². The highest BCUT2D eigenvalue weighted by Crippen LogP contribution is 2.21. The van der Waals surface area contributed by atoms with Gasteiger partial charge in [0.15, 0.2) is 11.9 Å². The number of carbonyl (C=O) groups excluding carboxylic acids is 3. The number of likely N-dealkylation sites (N-methyl/N-ethyl adjacent to an activating group) is 1. The fourth-order valence-corrected chi connectivity index (χ4v) is 4.06. The molecule has 0 aliphatic carbocycles. The number of anilines is 1. The molecule has 12 nitrogen and oxygen atoms in total. The van der Waals surface area contributed by atoms with Crippen LogP contribution in [0.2, 0.25) is 0 Å². The molecule has 3 rings (SSSR count). The first-order valence-electron chi connectivity index (χ1n) is 13.6. The van der Waals surface area contributed by atoms with Crippen molar-refractivity contribution in [2.24, 2.45) is 5.92 Å². The maximum absolute atomic E-state index is 14.5. The molecular weight excluding hydrogens is 545 g/mol. The highest BCUT2D eigenvalue weighted by Gasteiger charge is 2.25. The molecule has 3 amide bonds. The standard InChI is InChI=1S/C29H38FN7O5/c1-17(2)14-21-26-25(19(30)15-31-21)33-23(34-26)16-37-18(3)12-13-20(28(37)40)32-27(39)22(42-29(41)36(6)7)10-8-9-11-24(38)35(4)5/h9,11-13,15,17,22H,8,10,14,16H2,1-7H3,(H,32,39)(H,33,34)/b11-9+/t22-/m0/s1. The van der Waals surface area contributed by atoms with Crippen LogP contribution in [-0.4, -0.2) is 81.5 Å². The molecule has 0 aliphatic rings. The fraction of sp³-hybridized carbons (Fsp3) is 0.448. The van der Waals surface area contributed by atoms with Crippen molar-refractivity contribution < 1.29 is 23.5 Å². The van der Waals surface area contributed by atoms with Crippen LogP contribution < -0.4 is 10.9 Å². The molecule has 0 radical (unpaired) electrons. The fourth-order valence-electron chi connectivity index (χ4n) is 4.06. The summed E-state index contributed by atoms with van der Waals surface area (Å²) in [5.41, 5.74) is 1.37. The highest BCUT2D eigenvalue weighted by atomic mass is 19.1. The number of imidazole rings is 1. The Bertz CT molecular complexity index is 1540. The second-order valence-electron chi connectivity index (χ2n) is 10.8. The van der Waals surface area contributed by atoms with Crippen LogP contribution in [0.15, 0.2) is 35.3 Å². The number of ether oxygens (including phenoxy) is 1. The normalized spacial score (nSPS) is 12.1. The zero-order valence-electron chi connectivity index (χ0n) is 25.0. The van der Waals surface area contributed by atoms with Crippen molar-refractivity contribution in [1.82, 2.24) is 29.3 Å². The van der Waals surface area contributed by atoms with Crippen molar-refractivity contribution in [1.29, 1.82) is 0 Å². The quantitative estimate of drug-likeness (QED) is 0.330. The summed E-state index contributed by atoms with van der Waals surface area (Å²) in [4.78, 5) is 64.9. The van der Waals surface area contributed by atoms with Crippen LogP contribution in [0, 0.1) is 18.7 Å². The number of allylic oxidation sites excluding steroid dienone is 1. The van der Waals surface area contributed by atoms with E-state index in [2.05, 4.69) is 20.3 Å². The number of aryl methyl sites for hydroxylation is 1. The number of fused-ring (bicyclic) bond motifs is 1. The zero-order valence-corrected chi connectivity index (χ0v) is 25.0. The van der Waals surface area contributed by atoms with Gasteiger partial charge in [-0.2, -0.15) is 0 Å². The molecule has 13 heteroatoms. The summed E-state index contributed by atoms with van der Waals surface area (Å²) in [6, 6.07) is 3.12. The molecule has 3 aromatic heterocycles. The molecule has 42 heavy (non-hydrogen) atoms. The molecular formula is C29H38FN7O5. The lowest BCUT2D eigenvalue weighted by Crippen LogP contribution is -2.38. The molecule has 0 fully saturated rings. The lowest BCUT2D eigenvalue weighted by Gasteiger charge is -2.20. The molecule has 0 spiro atoms. The third-order valence-electron chi connectivity index (χ3n) is 6.36. The summed E-state index contributed by atoms with van der Waals surface area (Å²) < 4.78 is 21.3. The largest absolute Gasteiger partial charge is 0.436 e. The van der Waals surface area contributed by atoms with Crippen LogP contribution in [0.4, 0.5) is 14.9 Å². The Balaban J connectivity index is 1.85. The predicted molar refractivity (Wildman–Crippen MR) is 157 cm³/mol. The zero-order chi connectivity index (χ0) is 31.1. The van der Waals surface area contributed by atoms with E-state index >= 15 is 0 Å². The van der Waals surface area contributed by atoms with E-state index in [1.807, 2.05) is 13.8 Å². The monoisotopic (exact) mass is 583 g/mol. The number of carbonyl (C=O) groups is 3. The van der Waals surface area contributed by atoms with Gasteiger partial charge in [0, 0.05) is 33.9 Å². The SMILES string of the molecule is Cc1ccc(NC(=O)[C@H](CC/C=C/C(=O)N(C)C)OC(=O)N(C)C)c(=O)n1Cc1nc2c(F)cnc(CC(C)C)c2[nH]1. The third kappa shape index (κ3) is 8.02. The molecule has 0 aliphatic heterocycles. The number of aromatic nitrogens is 4. The number of hydrogen-bond acceptors (Lipinski definition) is 7. The van der Waals surface area contributed by atoms with Crippen molar-refractivity contribution in [3.05, 3.63) is 63.9 Å². The lowest BCUT2D eigenvalue weighted by molar-refractivity contribution is -0.125. The summed E-state index contributed by atoms with van der Waals surface area (Å²) >= 11 is 0. The van der Waals surface area contributed by atoms with Gasteiger partial charge in [0.25, 0.3) is 11.5 Å². The summed E-state index contributed by atoms with van der Waals surface area (Å²) in [5.74, 6) is -0.835. The molecule has 226 valence electrons. The average molecular weight is 584 g/mol. The summed E-state index contributed by atoms with van der Waals surface area (Å²) in [6.45, 7) is 5.79. The highest BCUT2D eigenvalue weighted by molar-refractivity contribution is 5.95. The molecule has 0 aromatic carbocycles. The first-order chi connectivity index (χ1) is 19.8. The molecule has 3 aromatic rings. The minimum atomic E-state index is -1.22. The number of amides is 3. The van der Waals surface area contributed by atoms with Gasteiger partial charge < -0.3 is 29.4 Å². The topological polar surface area (TPSA) is 143 Å². The number of halogens is 1. The Labute approximate surface area is 243 Å². The Morgan fingerprint density at radius 2 is 1.88 bits per heavy atom. The van der Waals surface area contributed by atoms with Gasteiger partial charge in [0.2, 0.25) is 5.91 Å². The molecule has 2 N–H and O–H groups in total. The Kier molecular flexibility index (Phi) is 10.6. The third-order valence-corrected chi connectivity index (χ3v) is 6.36. The summed E-state index contributed by atoms with van der Waals surface area (Å²) in [5, 5.41) is 2.57. The Morgan fingerprint density at radius 1 is 1.17 bits per heavy atom. The first-order valence-corrected chi connectivity index (χ1v) is 13.6. The second kappa shape index (κ2) is 13.9. The van der Waals surface area contributed by atoms with Crippen molar-refractivity contribution in [2.75, 3.05) is 33.5 Å². The van der Waals surface area contributed by atoms with E-state index in [-0.39, 0.29) is 36.5 Å². The van der Waals surface area contributed by atoms with E-state index in [0.717, 1.165) is 6.20 Å². The van der Waals surface area contributed by atoms with Crippen molar-refractivity contribution in [2.45, 2.75) is 52.7 Å². The van der Waals surface area contributed by atoms with E-state index in [1.165, 1.54) is 40.6 Å². The van der Waals surface area contributed by atoms with Gasteiger partial charge in [-0.25, -0.2) is 14.2 Å². The summed E-state index contributed by atoms with van der Waals surface area (Å²) in [7, 11) is 6.20. The van der Waals surface area contributed by atoms with Gasteiger partial charge >= 0.3 is 6.09 Å². The van der Waals surface area contributed by atoms with E-state index in [4.69, 9.17) is 4.74 Å². The number of pyridine rings is 2. The second-order valence-corrected chi connectivity index (χ2v) is 10.8. The van der Waals surface area contributed by atoms with Gasteiger partial charge in [-0.05, 0) is 50.3 Å². The molecule has 0 saturated heterocycles. The van der Waals surface area contributed by atoms with Crippen molar-refractivity contribution in [3.63, 3.8) is 0 Å². The van der Waals surface area contributed by atoms with E-state index in [1.54, 1.807) is 33.2 Å². The minimum Gasteiger partial charge on any atom is -0.436 e. The van der Waals surface area contributed by atoms with Gasteiger partial charge in [-0.15, -0.1) is 0 Å². The average Bonchev–Trinajstić information content (AvgIpc) is 3.36. The number of nitrogens with one attached hydrogen (secondary N) is 2. The van der Waals surface area contributed by atoms with Crippen LogP contribution in [0.25, 0.3) is 11.0 Å². The summed E-state index contributed by atoms with van der Waals surface area (Å²) in [6.07, 6.45) is 3.13. The van der Waals surface area contributed by atoms with Gasteiger partial charge in [0.05, 0.1) is 24.0 Å². The van der Waals surface area contributed by atoms with E-state index < -0.39 is 29.5 Å². The van der Waals surface area contributed by atoms with E-state index in [9.17, 15) is 23.6 Å². The van der Waals surface area contributed by atoms with Crippen molar-refractivity contribution in [3.8, 4) is 0 Å². The number of rotatable bonds is 11. The maximum Gasteiger partial charge on any atom is 0.410 e. The van der Waals surface area contributed by atoms with Crippen molar-refractivity contribution >= 4 is 34.6 Å². The number of H-pyrrole nitrogens is 1. The number of hydrogen-bond donors (Lipinski definition) is 2. The molecule has 0 bridgehead atoms. The molecule has 1 atom stereocenters. The van der Waals surface area contributed by atoms with Gasteiger partial charge in [0.1, 0.15) is 17.0 Å². The van der Waals surface area contributed by atoms with Gasteiger partial charge in [-0.3, -0.25) is 19.4 Å². The smallest absolute Gasteiger partial charge is 0.410 e. The molecule has 3 heterocycles. The van der Waals surface area contributed by atoms with Crippen LogP contribution >= 0.6 is 0 Å².